The number of carbonyl (C=O) groups excluding carboxylic acids is 1. The number of fused-ring (bicyclic) bond motifs is 2. The number of rotatable bonds is 5. The van der Waals surface area contributed by atoms with Crippen molar-refractivity contribution in [2.45, 2.75) is 13.0 Å². The molecule has 3 N–H and O–H groups in total. The zero-order valence-electron chi connectivity index (χ0n) is 17.1. The van der Waals surface area contributed by atoms with Gasteiger partial charge in [-0.1, -0.05) is 36.4 Å². The minimum atomic E-state index is -0.645. The zero-order valence-corrected chi connectivity index (χ0v) is 17.1. The van der Waals surface area contributed by atoms with E-state index in [9.17, 15) is 4.79 Å². The Balaban J connectivity index is 2.02. The molecule has 0 saturated carbocycles. The number of para-hydroxylation sites is 2. The van der Waals surface area contributed by atoms with Crippen molar-refractivity contribution in [1.82, 2.24) is 4.98 Å². The van der Waals surface area contributed by atoms with Crippen molar-refractivity contribution in [3.8, 4) is 22.6 Å². The van der Waals surface area contributed by atoms with Crippen molar-refractivity contribution in [3.63, 3.8) is 0 Å². The van der Waals surface area contributed by atoms with Crippen LogP contribution in [0.4, 0.5) is 5.69 Å². The summed E-state index contributed by atoms with van der Waals surface area (Å²) in [6, 6.07) is 19.0. The molecule has 0 aliphatic carbocycles. The number of aromatic nitrogens is 1. The number of ether oxygens (including phenoxy) is 2. The van der Waals surface area contributed by atoms with Crippen molar-refractivity contribution in [2.75, 3.05) is 19.5 Å². The molecular formula is C24H23N3O3. The molecule has 4 aromatic rings. The molecule has 0 radical (unpaired) electrons. The quantitative estimate of drug-likeness (QED) is 0.485. The van der Waals surface area contributed by atoms with E-state index in [4.69, 9.17) is 20.2 Å². The van der Waals surface area contributed by atoms with E-state index < -0.39 is 6.04 Å². The predicted molar refractivity (Wildman–Crippen MR) is 120 cm³/mol. The summed E-state index contributed by atoms with van der Waals surface area (Å²) >= 11 is 0. The van der Waals surface area contributed by atoms with Crippen molar-refractivity contribution in [3.05, 3.63) is 60.7 Å². The smallest absolute Gasteiger partial charge is 0.241 e. The Hall–Kier alpha value is -3.64. The maximum Gasteiger partial charge on any atom is 0.241 e. The molecule has 1 heterocycles. The molecule has 6 heteroatoms. The van der Waals surface area contributed by atoms with Gasteiger partial charge in [0, 0.05) is 28.0 Å². The van der Waals surface area contributed by atoms with Gasteiger partial charge in [-0.3, -0.25) is 4.79 Å². The number of hydrogen-bond acceptors (Lipinski definition) is 5. The molecule has 0 fully saturated rings. The van der Waals surface area contributed by atoms with Gasteiger partial charge in [-0.25, -0.2) is 4.98 Å². The third-order valence-electron chi connectivity index (χ3n) is 5.05. The first-order valence-corrected chi connectivity index (χ1v) is 9.63. The van der Waals surface area contributed by atoms with E-state index in [1.54, 1.807) is 27.2 Å². The van der Waals surface area contributed by atoms with E-state index in [-0.39, 0.29) is 5.91 Å². The Morgan fingerprint density at radius 2 is 1.50 bits per heavy atom. The van der Waals surface area contributed by atoms with Crippen molar-refractivity contribution < 1.29 is 14.3 Å². The first-order valence-electron chi connectivity index (χ1n) is 9.63. The number of pyridine rings is 1. The Kier molecular flexibility index (Phi) is 5.25. The minimum absolute atomic E-state index is 0.303. The summed E-state index contributed by atoms with van der Waals surface area (Å²) < 4.78 is 11.3. The highest BCUT2D eigenvalue weighted by atomic mass is 16.5. The fourth-order valence-corrected chi connectivity index (χ4v) is 3.57. The highest BCUT2D eigenvalue weighted by Crippen LogP contribution is 2.44. The topological polar surface area (TPSA) is 86.5 Å². The molecule has 0 aliphatic rings. The van der Waals surface area contributed by atoms with Gasteiger partial charge in [0.15, 0.2) is 0 Å². The Morgan fingerprint density at radius 1 is 0.933 bits per heavy atom. The van der Waals surface area contributed by atoms with Gasteiger partial charge in [0.05, 0.1) is 37.0 Å². The van der Waals surface area contributed by atoms with Crippen molar-refractivity contribution in [1.29, 1.82) is 0 Å². The lowest BCUT2D eigenvalue weighted by atomic mass is 9.95. The number of amides is 1. The predicted octanol–water partition coefficient (Wildman–Crippen LogP) is 4.36. The molecule has 0 aliphatic heterocycles. The number of hydrogen-bond donors (Lipinski definition) is 2. The number of methoxy groups -OCH3 is 2. The average Bonchev–Trinajstić information content (AvgIpc) is 2.77. The second-order valence-electron chi connectivity index (χ2n) is 7.05. The summed E-state index contributed by atoms with van der Waals surface area (Å²) in [7, 11) is 3.17. The molecule has 30 heavy (non-hydrogen) atoms. The third kappa shape index (κ3) is 3.42. The van der Waals surface area contributed by atoms with Gasteiger partial charge in [0.2, 0.25) is 5.91 Å². The standard InChI is InChI=1S/C24H23N3O3/c1-14(25)24(28)27-20-13-21(29-2)17(12-22(20)30-3)23-15-8-4-6-10-18(15)26-19-11-7-5-9-16(19)23/h4-14H,25H2,1-3H3,(H,27,28). The number of benzene rings is 3. The SMILES string of the molecule is COc1cc(-c2c3ccccc3nc3ccccc23)c(OC)cc1NC(=O)C(C)N. The van der Waals surface area contributed by atoms with Gasteiger partial charge in [0.1, 0.15) is 11.5 Å². The minimum Gasteiger partial charge on any atom is -0.496 e. The molecule has 1 unspecified atom stereocenters. The molecule has 1 atom stereocenters. The first kappa shape index (κ1) is 19.7. The molecule has 4 rings (SSSR count). The lowest BCUT2D eigenvalue weighted by Gasteiger charge is -2.18. The van der Waals surface area contributed by atoms with Crippen LogP contribution in [0.2, 0.25) is 0 Å². The zero-order chi connectivity index (χ0) is 21.3. The summed E-state index contributed by atoms with van der Waals surface area (Å²) in [5.41, 5.74) is 9.83. The Bertz CT molecular complexity index is 1200. The van der Waals surface area contributed by atoms with Crippen LogP contribution in [0, 0.1) is 0 Å². The monoisotopic (exact) mass is 401 g/mol. The molecule has 0 spiro atoms. The second-order valence-corrected chi connectivity index (χ2v) is 7.05. The van der Waals surface area contributed by atoms with Crippen LogP contribution in [0.25, 0.3) is 32.9 Å². The molecule has 3 aromatic carbocycles. The molecule has 0 bridgehead atoms. The van der Waals surface area contributed by atoms with Crippen LogP contribution in [0.1, 0.15) is 6.92 Å². The van der Waals surface area contributed by atoms with E-state index in [2.05, 4.69) is 5.32 Å². The number of nitrogens with zero attached hydrogens (tertiary/aromatic N) is 1. The fourth-order valence-electron chi connectivity index (χ4n) is 3.57. The van der Waals surface area contributed by atoms with Crippen LogP contribution in [-0.4, -0.2) is 31.2 Å². The van der Waals surface area contributed by atoms with Gasteiger partial charge in [-0.15, -0.1) is 0 Å². The maximum absolute atomic E-state index is 12.1. The van der Waals surface area contributed by atoms with Gasteiger partial charge < -0.3 is 20.5 Å². The van der Waals surface area contributed by atoms with E-state index in [0.29, 0.717) is 17.2 Å². The number of nitrogens with two attached hydrogens (primary N) is 1. The van der Waals surface area contributed by atoms with Crippen molar-refractivity contribution >= 4 is 33.4 Å². The van der Waals surface area contributed by atoms with E-state index in [1.165, 1.54) is 0 Å². The number of carbonyl (C=O) groups is 1. The van der Waals surface area contributed by atoms with Crippen LogP contribution in [0.15, 0.2) is 60.7 Å². The summed E-state index contributed by atoms with van der Waals surface area (Å²) in [6.07, 6.45) is 0. The van der Waals surface area contributed by atoms with Gasteiger partial charge >= 0.3 is 0 Å². The molecule has 6 nitrogen and oxygen atoms in total. The number of nitrogens with one attached hydrogen (secondary N) is 1. The Morgan fingerprint density at radius 3 is 2.03 bits per heavy atom. The number of anilines is 1. The molecular weight excluding hydrogens is 378 g/mol. The average molecular weight is 401 g/mol. The van der Waals surface area contributed by atoms with E-state index >= 15 is 0 Å². The van der Waals surface area contributed by atoms with Crippen LogP contribution in [0.5, 0.6) is 11.5 Å². The van der Waals surface area contributed by atoms with Crippen LogP contribution < -0.4 is 20.5 Å². The van der Waals surface area contributed by atoms with Crippen LogP contribution in [0.3, 0.4) is 0 Å². The summed E-state index contributed by atoms with van der Waals surface area (Å²) in [6.45, 7) is 1.63. The van der Waals surface area contributed by atoms with E-state index in [1.807, 2.05) is 54.6 Å². The maximum atomic E-state index is 12.1. The van der Waals surface area contributed by atoms with Gasteiger partial charge in [-0.05, 0) is 25.1 Å². The van der Waals surface area contributed by atoms with Crippen molar-refractivity contribution in [2.24, 2.45) is 5.73 Å². The van der Waals surface area contributed by atoms with Crippen LogP contribution >= 0.6 is 0 Å². The summed E-state index contributed by atoms with van der Waals surface area (Å²) in [4.78, 5) is 16.9. The largest absolute Gasteiger partial charge is 0.496 e. The molecule has 1 amide bonds. The lowest BCUT2D eigenvalue weighted by Crippen LogP contribution is -2.32. The second kappa shape index (κ2) is 8.00. The molecule has 1 aromatic heterocycles. The lowest BCUT2D eigenvalue weighted by molar-refractivity contribution is -0.117. The van der Waals surface area contributed by atoms with Gasteiger partial charge in [-0.2, -0.15) is 0 Å². The highest BCUT2D eigenvalue weighted by Gasteiger charge is 2.19. The first-order chi connectivity index (χ1) is 14.5. The van der Waals surface area contributed by atoms with E-state index in [0.717, 1.165) is 32.9 Å². The Labute approximate surface area is 174 Å². The highest BCUT2D eigenvalue weighted by molar-refractivity contribution is 6.11. The normalized spacial score (nSPS) is 12.0. The van der Waals surface area contributed by atoms with Crippen LogP contribution in [-0.2, 0) is 4.79 Å². The third-order valence-corrected chi connectivity index (χ3v) is 5.05. The summed E-state index contributed by atoms with van der Waals surface area (Å²) in [5.74, 6) is 0.824. The molecule has 0 saturated heterocycles. The van der Waals surface area contributed by atoms with Gasteiger partial charge in [0.25, 0.3) is 0 Å². The molecule has 152 valence electrons. The summed E-state index contributed by atoms with van der Waals surface area (Å²) in [5, 5.41) is 4.81. The fraction of sp³-hybridized carbons (Fsp3) is 0.167.